The van der Waals surface area contributed by atoms with Crippen LogP contribution in [-0.4, -0.2) is 45.4 Å². The van der Waals surface area contributed by atoms with Crippen molar-refractivity contribution in [3.63, 3.8) is 0 Å². The summed E-state index contributed by atoms with van der Waals surface area (Å²) in [5.41, 5.74) is 5.72. The number of cyclic esters (lactones) is 1. The summed E-state index contributed by atoms with van der Waals surface area (Å²) >= 11 is 0. The van der Waals surface area contributed by atoms with Crippen LogP contribution < -0.4 is 9.82 Å². The van der Waals surface area contributed by atoms with Crippen LogP contribution in [0, 0.1) is 6.92 Å². The molecule has 2 rings (SSSR count). The first kappa shape index (κ1) is 29.3. The number of ether oxygens (including phenoxy) is 3. The number of hydrogen-bond donors (Lipinski definition) is 1. The molecule has 1 unspecified atom stereocenters. The van der Waals surface area contributed by atoms with E-state index < -0.39 is 28.0 Å². The zero-order valence-electron chi connectivity index (χ0n) is 22.6. The minimum Gasteiger partial charge on any atom is -0.493 e. The summed E-state index contributed by atoms with van der Waals surface area (Å²) < 4.78 is 29.3. The van der Waals surface area contributed by atoms with Crippen molar-refractivity contribution in [1.29, 1.82) is 0 Å². The Morgan fingerprint density at radius 3 is 2.54 bits per heavy atom. The molecule has 0 amide bonds. The summed E-state index contributed by atoms with van der Waals surface area (Å²) in [4.78, 5) is 24.5. The highest BCUT2D eigenvalue weighted by atomic mass is 31.1. The molecule has 1 aromatic carbocycles. The summed E-state index contributed by atoms with van der Waals surface area (Å²) in [6, 6.07) is 0.379. The normalized spacial score (nSPS) is 15.4. The SMILES string of the molecule is CCOC(=O)[C@H](C)N[PH](=O)C/C(C)=C/Cc1c(CC)c(C)c2c(c1OCC[Si](C)(C)C)C(=O)OC2. The van der Waals surface area contributed by atoms with E-state index >= 15 is 0 Å². The van der Waals surface area contributed by atoms with Gasteiger partial charge in [0.05, 0.1) is 13.2 Å². The van der Waals surface area contributed by atoms with Gasteiger partial charge in [0.25, 0.3) is 0 Å². The van der Waals surface area contributed by atoms with Gasteiger partial charge in [0, 0.05) is 25.4 Å². The van der Waals surface area contributed by atoms with Gasteiger partial charge in [0.15, 0.2) is 0 Å². The van der Waals surface area contributed by atoms with Crippen molar-refractivity contribution in [2.24, 2.45) is 0 Å². The minimum atomic E-state index is -2.21. The van der Waals surface area contributed by atoms with Crippen LogP contribution in [0.3, 0.4) is 0 Å². The van der Waals surface area contributed by atoms with Crippen LogP contribution in [0.1, 0.15) is 60.3 Å². The monoisotopic (exact) mass is 523 g/mol. The number of rotatable bonds is 13. The summed E-state index contributed by atoms with van der Waals surface area (Å²) in [5, 5.41) is 2.87. The molecule has 1 heterocycles. The lowest BCUT2D eigenvalue weighted by atomic mass is 9.89. The molecular formula is C26H42NO6PSi. The van der Waals surface area contributed by atoms with E-state index in [9.17, 15) is 14.2 Å². The standard InChI is InChI=1S/C26H42NO6PSi/c1-9-20-18(4)22-15-33-26(29)23(22)24(32-13-14-35(6,7)8)21(20)12-11-17(3)16-34(30)27-19(5)25(28)31-10-2/h11,19,34H,9-10,12-16H2,1-8H3,(H,27,30)/b17-11+/t19-/m0/s1. The third-order valence-electron chi connectivity index (χ3n) is 6.19. The molecular weight excluding hydrogens is 481 g/mol. The van der Waals surface area contributed by atoms with Crippen molar-refractivity contribution in [3.05, 3.63) is 39.5 Å². The zero-order valence-corrected chi connectivity index (χ0v) is 24.6. The van der Waals surface area contributed by atoms with Gasteiger partial charge in [-0.05, 0) is 57.7 Å². The van der Waals surface area contributed by atoms with E-state index in [4.69, 9.17) is 14.2 Å². The molecule has 1 aliphatic rings. The summed E-state index contributed by atoms with van der Waals surface area (Å²) in [6.45, 7) is 17.5. The molecule has 0 bridgehead atoms. The second-order valence-corrected chi connectivity index (χ2v) is 17.4. The number of nitrogens with one attached hydrogen (secondary N) is 1. The summed E-state index contributed by atoms with van der Waals surface area (Å²) in [7, 11) is -3.52. The van der Waals surface area contributed by atoms with Crippen LogP contribution in [0.2, 0.25) is 25.7 Å². The van der Waals surface area contributed by atoms with Gasteiger partial charge >= 0.3 is 11.9 Å². The number of carbonyl (C=O) groups is 2. The van der Waals surface area contributed by atoms with Crippen LogP contribution in [0.4, 0.5) is 0 Å². The Kier molecular flexibility index (Phi) is 10.8. The number of esters is 2. The minimum absolute atomic E-state index is 0.290. The molecule has 0 radical (unpaired) electrons. The molecule has 0 spiro atoms. The number of fused-ring (bicyclic) bond motifs is 1. The molecule has 196 valence electrons. The molecule has 1 aliphatic heterocycles. The summed E-state index contributed by atoms with van der Waals surface area (Å²) in [5.74, 6) is -0.0763. The molecule has 35 heavy (non-hydrogen) atoms. The van der Waals surface area contributed by atoms with Crippen molar-refractivity contribution in [2.45, 2.75) is 85.8 Å². The molecule has 1 N–H and O–H groups in total. The van der Waals surface area contributed by atoms with E-state index in [-0.39, 0.29) is 5.97 Å². The second kappa shape index (κ2) is 12.9. The highest BCUT2D eigenvalue weighted by molar-refractivity contribution is 7.42. The number of benzene rings is 1. The zero-order chi connectivity index (χ0) is 26.3. The lowest BCUT2D eigenvalue weighted by Gasteiger charge is -2.22. The molecule has 0 saturated heterocycles. The smallest absolute Gasteiger partial charge is 0.342 e. The van der Waals surface area contributed by atoms with Gasteiger partial charge in [-0.15, -0.1) is 0 Å². The van der Waals surface area contributed by atoms with Gasteiger partial charge in [-0.1, -0.05) is 38.2 Å². The van der Waals surface area contributed by atoms with Crippen molar-refractivity contribution in [2.75, 3.05) is 19.4 Å². The van der Waals surface area contributed by atoms with Gasteiger partial charge in [-0.2, -0.15) is 0 Å². The average Bonchev–Trinajstić information content (AvgIpc) is 3.15. The highest BCUT2D eigenvalue weighted by Gasteiger charge is 2.32. The van der Waals surface area contributed by atoms with Crippen LogP contribution >= 0.6 is 7.95 Å². The fourth-order valence-electron chi connectivity index (χ4n) is 4.16. The molecule has 1 aromatic rings. The number of allylic oxidation sites excluding steroid dienone is 2. The van der Waals surface area contributed by atoms with Gasteiger partial charge in [-0.3, -0.25) is 9.88 Å². The third kappa shape index (κ3) is 8.06. The first-order valence-corrected chi connectivity index (χ1v) is 17.8. The number of carbonyl (C=O) groups excluding carboxylic acids is 2. The first-order valence-electron chi connectivity index (χ1n) is 12.5. The van der Waals surface area contributed by atoms with E-state index in [0.29, 0.717) is 43.7 Å². The molecule has 9 heteroatoms. The lowest BCUT2D eigenvalue weighted by Crippen LogP contribution is -2.31. The Morgan fingerprint density at radius 2 is 1.94 bits per heavy atom. The van der Waals surface area contributed by atoms with Gasteiger partial charge in [0.2, 0.25) is 0 Å². The summed E-state index contributed by atoms with van der Waals surface area (Å²) in [6.07, 6.45) is 3.79. The van der Waals surface area contributed by atoms with Gasteiger partial charge in [-0.25, -0.2) is 4.79 Å². The predicted molar refractivity (Wildman–Crippen MR) is 144 cm³/mol. The maximum absolute atomic E-state index is 12.6. The fourth-order valence-corrected chi connectivity index (χ4v) is 6.23. The lowest BCUT2D eigenvalue weighted by molar-refractivity contribution is -0.144. The maximum atomic E-state index is 12.6. The molecule has 0 saturated carbocycles. The van der Waals surface area contributed by atoms with E-state index in [1.807, 2.05) is 19.9 Å². The van der Waals surface area contributed by atoms with E-state index in [1.165, 1.54) is 5.56 Å². The average molecular weight is 524 g/mol. The van der Waals surface area contributed by atoms with Gasteiger partial charge < -0.3 is 18.8 Å². The van der Waals surface area contributed by atoms with E-state index in [2.05, 4.69) is 31.7 Å². The Labute approximate surface area is 211 Å². The fraction of sp³-hybridized carbons (Fsp3) is 0.615. The largest absolute Gasteiger partial charge is 0.493 e. The molecule has 0 fully saturated rings. The Bertz CT molecular complexity index is 999. The molecule has 0 aliphatic carbocycles. The van der Waals surface area contributed by atoms with Crippen LogP contribution in [-0.2, 0) is 38.3 Å². The second-order valence-electron chi connectivity index (χ2n) is 10.3. The Balaban J connectivity index is 2.29. The predicted octanol–water partition coefficient (Wildman–Crippen LogP) is 5.45. The molecule has 2 atom stereocenters. The molecule has 7 nitrogen and oxygen atoms in total. The van der Waals surface area contributed by atoms with Crippen LogP contribution in [0.25, 0.3) is 0 Å². The van der Waals surface area contributed by atoms with Gasteiger partial charge in [0.1, 0.15) is 31.9 Å². The van der Waals surface area contributed by atoms with Crippen molar-refractivity contribution in [1.82, 2.24) is 5.09 Å². The van der Waals surface area contributed by atoms with E-state index in [1.54, 1.807) is 13.8 Å². The quantitative estimate of drug-likeness (QED) is 0.159. The number of hydrogen-bond acceptors (Lipinski definition) is 6. The topological polar surface area (TPSA) is 90.9 Å². The van der Waals surface area contributed by atoms with Crippen molar-refractivity contribution < 1.29 is 28.4 Å². The first-order chi connectivity index (χ1) is 16.4. The molecule has 0 aromatic heterocycles. The maximum Gasteiger partial charge on any atom is 0.342 e. The van der Waals surface area contributed by atoms with Crippen LogP contribution in [0.15, 0.2) is 11.6 Å². The van der Waals surface area contributed by atoms with E-state index in [0.717, 1.165) is 34.7 Å². The Hall–Kier alpha value is -1.89. The third-order valence-corrected chi connectivity index (χ3v) is 9.53. The van der Waals surface area contributed by atoms with Crippen molar-refractivity contribution in [3.8, 4) is 5.75 Å². The van der Waals surface area contributed by atoms with Crippen LogP contribution in [0.5, 0.6) is 5.75 Å². The Morgan fingerprint density at radius 1 is 1.26 bits per heavy atom. The highest BCUT2D eigenvalue weighted by Crippen LogP contribution is 2.39. The van der Waals surface area contributed by atoms with Crippen molar-refractivity contribution >= 4 is 28.0 Å².